The zero-order valence-electron chi connectivity index (χ0n) is 23.2. The summed E-state index contributed by atoms with van der Waals surface area (Å²) in [6.45, 7) is 2.68. The molecule has 218 valence electrons. The van der Waals surface area contributed by atoms with Gasteiger partial charge < -0.3 is 46.0 Å². The monoisotopic (exact) mass is 558 g/mol. The molecule has 12 heteroatoms. The van der Waals surface area contributed by atoms with Crippen molar-refractivity contribution < 1.29 is 39.5 Å². The van der Waals surface area contributed by atoms with Crippen LogP contribution in [-0.2, 0) is 11.3 Å². The lowest BCUT2D eigenvalue weighted by Gasteiger charge is -2.48. The largest absolute Gasteiger partial charge is 0.445 e. The number of urea groups is 1. The molecule has 0 unspecified atom stereocenters. The highest BCUT2D eigenvalue weighted by Crippen LogP contribution is 2.49. The number of nitrogens with one attached hydrogen (secondary N) is 3. The molecule has 1 aliphatic rings. The summed E-state index contributed by atoms with van der Waals surface area (Å²) in [6, 6.07) is 11.5. The Kier molecular flexibility index (Phi) is 9.10. The summed E-state index contributed by atoms with van der Waals surface area (Å²) in [5, 5.41) is 53.6. The van der Waals surface area contributed by atoms with Crippen LogP contribution in [0.1, 0.15) is 36.7 Å². The number of aliphatic hydroxyl groups excluding tert-OH is 2. The van der Waals surface area contributed by atoms with Crippen molar-refractivity contribution in [2.24, 2.45) is 0 Å². The molecule has 0 saturated heterocycles. The molecule has 3 rings (SSSR count). The molecule has 2 aromatic rings. The number of hydrogen-bond donors (Lipinski definition) is 7. The number of aliphatic hydroxyl groups is 4. The third-order valence-corrected chi connectivity index (χ3v) is 7.68. The van der Waals surface area contributed by atoms with Gasteiger partial charge in [-0.2, -0.15) is 0 Å². The van der Waals surface area contributed by atoms with Crippen molar-refractivity contribution in [3.8, 4) is 0 Å². The molecule has 2 aromatic carbocycles. The third-order valence-electron chi connectivity index (χ3n) is 7.68. The van der Waals surface area contributed by atoms with Gasteiger partial charge >= 0.3 is 12.1 Å². The highest BCUT2D eigenvalue weighted by molar-refractivity contribution is 5.95. The average Bonchev–Trinajstić information content (AvgIpc) is 3.04. The van der Waals surface area contributed by atoms with E-state index in [9.17, 15) is 34.8 Å². The molecule has 0 spiro atoms. The molecular weight excluding hydrogens is 520 g/mol. The van der Waals surface area contributed by atoms with Crippen molar-refractivity contribution in [1.82, 2.24) is 15.5 Å². The lowest BCUT2D eigenvalue weighted by atomic mass is 9.73. The van der Waals surface area contributed by atoms with E-state index in [0.29, 0.717) is 16.8 Å². The predicted molar refractivity (Wildman–Crippen MR) is 147 cm³/mol. The van der Waals surface area contributed by atoms with E-state index < -0.39 is 53.7 Å². The summed E-state index contributed by atoms with van der Waals surface area (Å²) in [7, 11) is 2.87. The molecule has 1 saturated carbocycles. The molecule has 0 bridgehead atoms. The van der Waals surface area contributed by atoms with E-state index in [2.05, 4.69) is 16.0 Å². The summed E-state index contributed by atoms with van der Waals surface area (Å²) >= 11 is 0. The maximum Gasteiger partial charge on any atom is 0.407 e. The Morgan fingerprint density at radius 3 is 2.25 bits per heavy atom. The van der Waals surface area contributed by atoms with E-state index in [1.165, 1.54) is 34.0 Å². The predicted octanol–water partition coefficient (Wildman–Crippen LogP) is 0.844. The van der Waals surface area contributed by atoms with Gasteiger partial charge in [-0.1, -0.05) is 42.5 Å². The molecular formula is C28H38N4O8. The highest BCUT2D eigenvalue weighted by atomic mass is 16.5. The molecule has 12 nitrogen and oxygen atoms in total. The van der Waals surface area contributed by atoms with Crippen molar-refractivity contribution >= 4 is 23.6 Å². The lowest BCUT2D eigenvalue weighted by molar-refractivity contribution is -0.185. The molecule has 0 heterocycles. The van der Waals surface area contributed by atoms with Gasteiger partial charge in [-0.15, -0.1) is 0 Å². The number of anilines is 1. The molecule has 0 radical (unpaired) electrons. The van der Waals surface area contributed by atoms with Crippen LogP contribution >= 0.6 is 0 Å². The van der Waals surface area contributed by atoms with Gasteiger partial charge in [0.25, 0.3) is 0 Å². The number of rotatable bonds is 9. The van der Waals surface area contributed by atoms with Crippen molar-refractivity contribution in [1.29, 1.82) is 0 Å². The van der Waals surface area contributed by atoms with E-state index in [1.807, 2.05) is 6.07 Å². The van der Waals surface area contributed by atoms with Gasteiger partial charge in [0.05, 0.1) is 24.8 Å². The molecule has 6 atom stereocenters. The van der Waals surface area contributed by atoms with Crippen LogP contribution in [0, 0.1) is 0 Å². The number of hydrogen-bond acceptors (Lipinski definition) is 9. The first-order valence-electron chi connectivity index (χ1n) is 12.8. The van der Waals surface area contributed by atoms with Crippen molar-refractivity contribution in [3.63, 3.8) is 0 Å². The number of Topliss-reactive ketones (excluding diaryl/α,β-unsaturated/α-hetero) is 1. The van der Waals surface area contributed by atoms with Gasteiger partial charge in [-0.3, -0.25) is 4.79 Å². The van der Waals surface area contributed by atoms with Crippen LogP contribution in [0.3, 0.4) is 0 Å². The van der Waals surface area contributed by atoms with Crippen molar-refractivity contribution in [3.05, 3.63) is 65.7 Å². The van der Waals surface area contributed by atoms with Gasteiger partial charge in [0, 0.05) is 25.3 Å². The summed E-state index contributed by atoms with van der Waals surface area (Å²) in [4.78, 5) is 39.2. The van der Waals surface area contributed by atoms with Gasteiger partial charge in [0.2, 0.25) is 0 Å². The Morgan fingerprint density at radius 1 is 1.05 bits per heavy atom. The van der Waals surface area contributed by atoms with Crippen LogP contribution in [0.25, 0.3) is 0 Å². The van der Waals surface area contributed by atoms with E-state index >= 15 is 0 Å². The number of benzene rings is 2. The summed E-state index contributed by atoms with van der Waals surface area (Å²) in [6.07, 6.45) is -2.56. The molecule has 0 aromatic heterocycles. The second-order valence-corrected chi connectivity index (χ2v) is 10.5. The van der Waals surface area contributed by atoms with E-state index in [1.54, 1.807) is 42.5 Å². The number of amides is 3. The van der Waals surface area contributed by atoms with Crippen LogP contribution in [0.15, 0.2) is 54.6 Å². The van der Waals surface area contributed by atoms with Crippen LogP contribution in [0.5, 0.6) is 0 Å². The highest BCUT2D eigenvalue weighted by Gasteiger charge is 2.77. The topological polar surface area (TPSA) is 181 Å². The fourth-order valence-corrected chi connectivity index (χ4v) is 5.31. The number of nitrogens with zero attached hydrogens (tertiary/aromatic N) is 1. The third kappa shape index (κ3) is 5.48. The fourth-order valence-electron chi connectivity index (χ4n) is 5.31. The summed E-state index contributed by atoms with van der Waals surface area (Å²) in [5.74, 6) is -0.227. The molecule has 1 fully saturated rings. The second kappa shape index (κ2) is 11.8. The first-order chi connectivity index (χ1) is 18.7. The Labute approximate surface area is 233 Å². The van der Waals surface area contributed by atoms with E-state index in [4.69, 9.17) is 4.74 Å². The minimum absolute atomic E-state index is 0.107. The number of carbonyl (C=O) groups excluding carboxylic acids is 3. The Bertz CT molecular complexity index is 1220. The zero-order valence-corrected chi connectivity index (χ0v) is 23.2. The van der Waals surface area contributed by atoms with Gasteiger partial charge in [-0.25, -0.2) is 9.59 Å². The molecule has 7 N–H and O–H groups in total. The minimum atomic E-state index is -2.45. The van der Waals surface area contributed by atoms with E-state index in [0.717, 1.165) is 11.8 Å². The Balaban J connectivity index is 2.13. The smallest absolute Gasteiger partial charge is 0.407 e. The minimum Gasteiger partial charge on any atom is -0.445 e. The summed E-state index contributed by atoms with van der Waals surface area (Å²) < 4.78 is 5.38. The van der Waals surface area contributed by atoms with Gasteiger partial charge in [0.1, 0.15) is 23.3 Å². The van der Waals surface area contributed by atoms with Crippen LogP contribution < -0.4 is 16.0 Å². The Morgan fingerprint density at radius 2 is 1.70 bits per heavy atom. The maximum atomic E-state index is 13.1. The molecule has 40 heavy (non-hydrogen) atoms. The quantitative estimate of drug-likeness (QED) is 0.220. The molecule has 1 aliphatic carbocycles. The fraction of sp³-hybridized carbons (Fsp3) is 0.464. The molecule has 0 aliphatic heterocycles. The number of alkyl carbamates (subject to hydrolysis) is 1. The van der Waals surface area contributed by atoms with Crippen LogP contribution in [-0.4, -0.2) is 98.9 Å². The first kappa shape index (κ1) is 30.8. The zero-order chi connectivity index (χ0) is 29.9. The van der Waals surface area contributed by atoms with Crippen molar-refractivity contribution in [2.45, 2.75) is 62.3 Å². The van der Waals surface area contributed by atoms with Gasteiger partial charge in [-0.05, 0) is 38.5 Å². The summed E-state index contributed by atoms with van der Waals surface area (Å²) in [5.41, 5.74) is -5.70. The normalized spacial score (nSPS) is 28.3. The number of ketones is 1. The molecule has 3 amide bonds. The number of ether oxygens (including phenoxy) is 1. The second-order valence-electron chi connectivity index (χ2n) is 10.5. The Hall–Kier alpha value is -3.71. The number of carbonyl (C=O) groups is 3. The lowest BCUT2D eigenvalue weighted by Crippen LogP contribution is -2.77. The maximum absolute atomic E-state index is 13.1. The van der Waals surface area contributed by atoms with E-state index in [-0.39, 0.29) is 12.4 Å². The SMILES string of the molecule is CC(=O)c1cccc(N[C@H]2[C@H](NC(=O)OCc3ccccc3)[C@@](NC(=O)N(C)C)([C@H](C)O)[C@@](C)(O)[C@@]2(O)CO)c1. The van der Waals surface area contributed by atoms with Crippen LogP contribution in [0.4, 0.5) is 15.3 Å². The van der Waals surface area contributed by atoms with Crippen molar-refractivity contribution in [2.75, 3.05) is 26.0 Å². The first-order valence-corrected chi connectivity index (χ1v) is 12.8. The van der Waals surface area contributed by atoms with Crippen LogP contribution in [0.2, 0.25) is 0 Å². The van der Waals surface area contributed by atoms with Gasteiger partial charge in [0.15, 0.2) is 5.78 Å². The standard InChI is InChI=1S/C28H38N4O8/c1-17(34)20-12-9-13-21(14-20)29-22-23(30-25(37)40-15-19-10-7-6-8-11-19)28(18(2)35,31-24(36)32(4)5)26(3,38)27(22,39)16-33/h6-14,18,22-23,29,33,35,38-39H,15-16H2,1-5H3,(H,30,37)(H,31,36)/t18-,22-,23-,26-,27+,28-/m0/s1. The average molecular weight is 559 g/mol.